The number of hydrogen-bond acceptors (Lipinski definition) is 2. The van der Waals surface area contributed by atoms with Gasteiger partial charge in [0.05, 0.1) is 11.2 Å². The monoisotopic (exact) mass is 298 g/mol. The first-order valence-electron chi connectivity index (χ1n) is 7.51. The molecule has 3 rings (SSSR count). The summed E-state index contributed by atoms with van der Waals surface area (Å²) in [5.41, 5.74) is 1.34. The number of hydrogen-bond donors (Lipinski definition) is 0. The van der Waals surface area contributed by atoms with Crippen molar-refractivity contribution in [3.05, 3.63) is 54.3 Å². The molecule has 2 nitrogen and oxygen atoms in total. The van der Waals surface area contributed by atoms with Gasteiger partial charge in [0.25, 0.3) is 0 Å². The Morgan fingerprint density at radius 1 is 0.818 bits per heavy atom. The summed E-state index contributed by atoms with van der Waals surface area (Å²) in [7, 11) is -0.671. The van der Waals surface area contributed by atoms with Gasteiger partial charge < -0.3 is 9.31 Å². The molecule has 0 bridgehead atoms. The van der Waals surface area contributed by atoms with Crippen LogP contribution in [0.25, 0.3) is 11.1 Å². The molecule has 22 heavy (non-hydrogen) atoms. The first-order valence-corrected chi connectivity index (χ1v) is 7.51. The second-order valence-electron chi connectivity index (χ2n) is 6.69. The first kappa shape index (κ1) is 15.3. The highest BCUT2D eigenvalue weighted by Crippen LogP contribution is 2.36. The summed E-state index contributed by atoms with van der Waals surface area (Å²) < 4.78 is 26.4. The molecule has 4 heteroatoms. The third-order valence-electron chi connectivity index (χ3n) is 4.61. The van der Waals surface area contributed by atoms with Gasteiger partial charge in [0.2, 0.25) is 0 Å². The van der Waals surface area contributed by atoms with Crippen LogP contribution >= 0.6 is 0 Å². The van der Waals surface area contributed by atoms with Gasteiger partial charge >= 0.3 is 7.12 Å². The molecular weight excluding hydrogens is 278 g/mol. The minimum absolute atomic E-state index is 0.306. The third-order valence-corrected chi connectivity index (χ3v) is 4.61. The molecule has 2 aromatic rings. The van der Waals surface area contributed by atoms with Crippen molar-refractivity contribution in [3.8, 4) is 11.1 Å². The van der Waals surface area contributed by atoms with Crippen LogP contribution in [0.5, 0.6) is 0 Å². The summed E-state index contributed by atoms with van der Waals surface area (Å²) >= 11 is 0. The minimum Gasteiger partial charge on any atom is -0.399 e. The third kappa shape index (κ3) is 2.57. The SMILES string of the molecule is CC1(C)OB(c2ccc(-c3ccccc3)cc2F)OC1(C)C. The fourth-order valence-electron chi connectivity index (χ4n) is 2.50. The molecule has 0 aromatic heterocycles. The van der Waals surface area contributed by atoms with Gasteiger partial charge in [-0.05, 0) is 44.9 Å². The molecule has 2 aromatic carbocycles. The van der Waals surface area contributed by atoms with Gasteiger partial charge in [0.1, 0.15) is 5.82 Å². The maximum Gasteiger partial charge on any atom is 0.497 e. The van der Waals surface area contributed by atoms with Gasteiger partial charge in [-0.2, -0.15) is 0 Å². The molecule has 1 saturated heterocycles. The topological polar surface area (TPSA) is 18.5 Å². The zero-order valence-electron chi connectivity index (χ0n) is 13.4. The van der Waals surface area contributed by atoms with Crippen LogP contribution in [0.4, 0.5) is 4.39 Å². The Morgan fingerprint density at radius 3 is 1.95 bits per heavy atom. The van der Waals surface area contributed by atoms with Gasteiger partial charge in [-0.1, -0.05) is 42.5 Å². The lowest BCUT2D eigenvalue weighted by atomic mass is 9.78. The maximum absolute atomic E-state index is 14.5. The van der Waals surface area contributed by atoms with Crippen LogP contribution in [0.2, 0.25) is 0 Å². The molecule has 0 radical (unpaired) electrons. The van der Waals surface area contributed by atoms with Crippen LogP contribution in [0.15, 0.2) is 48.5 Å². The number of benzene rings is 2. The van der Waals surface area contributed by atoms with Crippen LogP contribution in [0, 0.1) is 5.82 Å². The molecule has 0 saturated carbocycles. The number of rotatable bonds is 2. The van der Waals surface area contributed by atoms with Crippen molar-refractivity contribution in [1.82, 2.24) is 0 Å². The molecule has 1 fully saturated rings. The molecular formula is C18H20BFO2. The predicted octanol–water partition coefficient (Wildman–Crippen LogP) is 3.79. The van der Waals surface area contributed by atoms with Crippen LogP contribution in [-0.4, -0.2) is 18.3 Å². The molecule has 0 N–H and O–H groups in total. The zero-order valence-corrected chi connectivity index (χ0v) is 13.4. The van der Waals surface area contributed by atoms with E-state index in [-0.39, 0.29) is 5.82 Å². The van der Waals surface area contributed by atoms with Gasteiger partial charge in [-0.25, -0.2) is 4.39 Å². The molecule has 0 aliphatic carbocycles. The normalized spacial score (nSPS) is 19.4. The molecule has 0 spiro atoms. The van der Waals surface area contributed by atoms with E-state index in [1.54, 1.807) is 6.07 Å². The Bertz CT molecular complexity index is 667. The van der Waals surface area contributed by atoms with E-state index in [9.17, 15) is 4.39 Å². The highest BCUT2D eigenvalue weighted by Gasteiger charge is 2.52. The van der Waals surface area contributed by atoms with Crippen molar-refractivity contribution in [3.63, 3.8) is 0 Å². The summed E-state index contributed by atoms with van der Waals surface area (Å²) in [4.78, 5) is 0. The van der Waals surface area contributed by atoms with Gasteiger partial charge in [0.15, 0.2) is 0 Å². The Labute approximate surface area is 131 Å². The van der Waals surface area contributed by atoms with Gasteiger partial charge in [-0.3, -0.25) is 0 Å². The standard InChI is InChI=1S/C18H20BFO2/c1-17(2)18(3,4)22-19(21-17)15-11-10-14(12-16(15)20)13-8-6-5-7-9-13/h5-12H,1-4H3. The van der Waals surface area contributed by atoms with Gasteiger partial charge in [-0.15, -0.1) is 0 Å². The second kappa shape index (κ2) is 5.22. The van der Waals surface area contributed by atoms with Crippen LogP contribution < -0.4 is 5.46 Å². The van der Waals surface area contributed by atoms with Crippen LogP contribution in [-0.2, 0) is 9.31 Å². The highest BCUT2D eigenvalue weighted by atomic mass is 19.1. The Hall–Kier alpha value is -1.65. The van der Waals surface area contributed by atoms with Gasteiger partial charge in [0, 0.05) is 5.46 Å². The van der Waals surface area contributed by atoms with Crippen molar-refractivity contribution in [2.75, 3.05) is 0 Å². The van der Waals surface area contributed by atoms with Crippen molar-refractivity contribution in [1.29, 1.82) is 0 Å². The summed E-state index contributed by atoms with van der Waals surface area (Å²) in [5, 5.41) is 0. The van der Waals surface area contributed by atoms with E-state index in [0.29, 0.717) is 5.46 Å². The highest BCUT2D eigenvalue weighted by molar-refractivity contribution is 6.62. The fraction of sp³-hybridized carbons (Fsp3) is 0.333. The molecule has 1 heterocycles. The van der Waals surface area contributed by atoms with E-state index in [1.165, 1.54) is 6.07 Å². The molecule has 0 unspecified atom stereocenters. The predicted molar refractivity (Wildman–Crippen MR) is 87.6 cm³/mol. The van der Waals surface area contributed by atoms with E-state index in [4.69, 9.17) is 9.31 Å². The van der Waals surface area contributed by atoms with Crippen LogP contribution in [0.3, 0.4) is 0 Å². The Balaban J connectivity index is 1.91. The second-order valence-corrected chi connectivity index (χ2v) is 6.69. The van der Waals surface area contributed by atoms with Crippen molar-refractivity contribution in [2.45, 2.75) is 38.9 Å². The summed E-state index contributed by atoms with van der Waals surface area (Å²) in [6.45, 7) is 7.85. The molecule has 1 aliphatic rings. The van der Waals surface area contributed by atoms with E-state index in [2.05, 4.69) is 0 Å². The van der Waals surface area contributed by atoms with E-state index in [1.807, 2.05) is 64.1 Å². The smallest absolute Gasteiger partial charge is 0.399 e. The minimum atomic E-state index is -0.671. The van der Waals surface area contributed by atoms with E-state index < -0.39 is 18.3 Å². The summed E-state index contributed by atoms with van der Waals surface area (Å²) in [6, 6.07) is 14.9. The van der Waals surface area contributed by atoms with Crippen molar-refractivity contribution in [2.24, 2.45) is 0 Å². The summed E-state index contributed by atoms with van der Waals surface area (Å²) in [6.07, 6.45) is 0. The van der Waals surface area contributed by atoms with Crippen molar-refractivity contribution < 1.29 is 13.7 Å². The Morgan fingerprint density at radius 2 is 1.41 bits per heavy atom. The maximum atomic E-state index is 14.5. The Kier molecular flexibility index (Phi) is 3.62. The fourth-order valence-corrected chi connectivity index (χ4v) is 2.50. The first-order chi connectivity index (χ1) is 10.3. The van der Waals surface area contributed by atoms with Crippen molar-refractivity contribution >= 4 is 12.6 Å². The zero-order chi connectivity index (χ0) is 16.0. The lowest BCUT2D eigenvalue weighted by Crippen LogP contribution is -2.41. The molecule has 114 valence electrons. The largest absolute Gasteiger partial charge is 0.497 e. The lowest BCUT2D eigenvalue weighted by Gasteiger charge is -2.32. The average Bonchev–Trinajstić information content (AvgIpc) is 2.68. The number of halogens is 1. The average molecular weight is 298 g/mol. The molecule has 0 amide bonds. The van der Waals surface area contributed by atoms with E-state index in [0.717, 1.165) is 11.1 Å². The van der Waals surface area contributed by atoms with E-state index >= 15 is 0 Å². The summed E-state index contributed by atoms with van der Waals surface area (Å²) in [5.74, 6) is -0.306. The quantitative estimate of drug-likeness (QED) is 0.785. The lowest BCUT2D eigenvalue weighted by molar-refractivity contribution is 0.00578. The molecule has 1 aliphatic heterocycles. The van der Waals surface area contributed by atoms with Crippen LogP contribution in [0.1, 0.15) is 27.7 Å². The molecule has 0 atom stereocenters.